The van der Waals surface area contributed by atoms with Crippen molar-refractivity contribution >= 4 is 44.1 Å². The summed E-state index contributed by atoms with van der Waals surface area (Å²) in [6, 6.07) is 17.0. The first kappa shape index (κ1) is 29.1. The van der Waals surface area contributed by atoms with E-state index in [9.17, 15) is 14.7 Å². The van der Waals surface area contributed by atoms with Crippen molar-refractivity contribution in [3.8, 4) is 17.2 Å². The molecule has 1 N–H and O–H groups in total. The molecule has 0 saturated carbocycles. The van der Waals surface area contributed by atoms with Crippen LogP contribution < -0.4 is 19.1 Å². The Bertz CT molecular complexity index is 1640. The molecule has 1 aliphatic heterocycles. The van der Waals surface area contributed by atoms with Crippen LogP contribution in [0.15, 0.2) is 66.2 Å². The third-order valence-electron chi connectivity index (χ3n) is 7.14. The fraction of sp³-hybridized carbons (Fsp3) is 0.303. The van der Waals surface area contributed by atoms with Crippen molar-refractivity contribution in [3.63, 3.8) is 0 Å². The van der Waals surface area contributed by atoms with Gasteiger partial charge in [-0.15, -0.1) is 0 Å². The molecule has 1 atom stereocenters. The lowest BCUT2D eigenvalue weighted by molar-refractivity contribution is -0.132. The maximum absolute atomic E-state index is 13.7. The number of benzene rings is 3. The number of aliphatic hydroxyl groups is 1. The van der Waals surface area contributed by atoms with Crippen LogP contribution in [0, 0.1) is 6.92 Å². The Kier molecular flexibility index (Phi) is 8.77. The number of thiazole rings is 1. The lowest BCUT2D eigenvalue weighted by atomic mass is 9.95. The monoisotopic (exact) mass is 586 g/mol. The number of unbranched alkanes of at least 4 members (excludes halogenated alkanes) is 2. The van der Waals surface area contributed by atoms with Gasteiger partial charge in [0.25, 0.3) is 5.78 Å². The van der Waals surface area contributed by atoms with Crippen molar-refractivity contribution < 1.29 is 28.9 Å². The standard InChI is InChI=1S/C33H34N2O6S/c1-5-7-8-17-41-25-16-13-22(18-26(25)39-4)29-28(30(36)21-11-9-20(3)10-12-21)31(37)32(38)35(29)33-34-24-15-14-23(40-6-2)19-27(24)42-33/h9-16,18-19,29,36H,5-8,17H2,1-4H3/b30-28+. The van der Waals surface area contributed by atoms with Gasteiger partial charge in [0.05, 0.1) is 42.2 Å². The van der Waals surface area contributed by atoms with E-state index in [1.54, 1.807) is 37.4 Å². The fourth-order valence-electron chi connectivity index (χ4n) is 4.97. The highest BCUT2D eigenvalue weighted by atomic mass is 32.1. The van der Waals surface area contributed by atoms with E-state index in [1.165, 1.54) is 16.2 Å². The Labute approximate surface area is 249 Å². The molecule has 1 saturated heterocycles. The van der Waals surface area contributed by atoms with E-state index < -0.39 is 17.7 Å². The van der Waals surface area contributed by atoms with Gasteiger partial charge in [-0.2, -0.15) is 0 Å². The van der Waals surface area contributed by atoms with Crippen molar-refractivity contribution in [1.82, 2.24) is 4.98 Å². The number of ether oxygens (including phenoxy) is 3. The number of rotatable bonds is 11. The molecule has 42 heavy (non-hydrogen) atoms. The molecular weight excluding hydrogens is 552 g/mol. The van der Waals surface area contributed by atoms with E-state index in [0.29, 0.717) is 52.2 Å². The Morgan fingerprint density at radius 1 is 0.976 bits per heavy atom. The molecule has 8 nitrogen and oxygen atoms in total. The van der Waals surface area contributed by atoms with Crippen LogP contribution in [-0.2, 0) is 9.59 Å². The second-order valence-electron chi connectivity index (χ2n) is 10.1. The Morgan fingerprint density at radius 3 is 2.48 bits per heavy atom. The lowest BCUT2D eigenvalue weighted by Gasteiger charge is -2.24. The Hall–Kier alpha value is -4.37. The van der Waals surface area contributed by atoms with Gasteiger partial charge in [-0.3, -0.25) is 14.5 Å². The molecule has 3 aromatic carbocycles. The van der Waals surface area contributed by atoms with Gasteiger partial charge in [-0.25, -0.2) is 4.98 Å². The van der Waals surface area contributed by atoms with Crippen molar-refractivity contribution in [2.75, 3.05) is 25.2 Å². The number of amides is 1. The summed E-state index contributed by atoms with van der Waals surface area (Å²) >= 11 is 1.28. The van der Waals surface area contributed by atoms with Gasteiger partial charge in [0.15, 0.2) is 16.6 Å². The Balaban J connectivity index is 1.64. The highest BCUT2D eigenvalue weighted by molar-refractivity contribution is 7.22. The second kappa shape index (κ2) is 12.7. The summed E-state index contributed by atoms with van der Waals surface area (Å²) in [6.07, 6.45) is 3.06. The molecule has 1 unspecified atom stereocenters. The molecule has 0 spiro atoms. The lowest BCUT2D eigenvalue weighted by Crippen LogP contribution is -2.29. The van der Waals surface area contributed by atoms with Crippen LogP contribution in [0.3, 0.4) is 0 Å². The first-order valence-corrected chi connectivity index (χ1v) is 14.9. The molecule has 218 valence electrons. The van der Waals surface area contributed by atoms with Gasteiger partial charge in [0, 0.05) is 5.56 Å². The predicted molar refractivity (Wildman–Crippen MR) is 165 cm³/mol. The third-order valence-corrected chi connectivity index (χ3v) is 8.16. The largest absolute Gasteiger partial charge is 0.507 e. The third kappa shape index (κ3) is 5.69. The average molecular weight is 587 g/mol. The summed E-state index contributed by atoms with van der Waals surface area (Å²) in [4.78, 5) is 33.4. The summed E-state index contributed by atoms with van der Waals surface area (Å²) in [7, 11) is 1.55. The van der Waals surface area contributed by atoms with Crippen LogP contribution in [-0.4, -0.2) is 42.1 Å². The van der Waals surface area contributed by atoms with E-state index in [1.807, 2.05) is 44.2 Å². The van der Waals surface area contributed by atoms with E-state index in [-0.39, 0.29) is 11.3 Å². The number of hydrogen-bond acceptors (Lipinski definition) is 8. The van der Waals surface area contributed by atoms with Gasteiger partial charge in [-0.1, -0.05) is 67.0 Å². The number of Topliss-reactive ketones (excluding diaryl/α,β-unsaturated/α-hetero) is 1. The van der Waals surface area contributed by atoms with Crippen LogP contribution >= 0.6 is 11.3 Å². The summed E-state index contributed by atoms with van der Waals surface area (Å²) < 4.78 is 18.1. The van der Waals surface area contributed by atoms with Crippen molar-refractivity contribution in [3.05, 3.63) is 82.9 Å². The molecule has 1 fully saturated rings. The van der Waals surface area contributed by atoms with Crippen LogP contribution in [0.1, 0.15) is 55.8 Å². The minimum absolute atomic E-state index is 0.0169. The van der Waals surface area contributed by atoms with Gasteiger partial charge in [0.2, 0.25) is 0 Å². The molecule has 0 radical (unpaired) electrons. The van der Waals surface area contributed by atoms with Crippen molar-refractivity contribution in [1.29, 1.82) is 0 Å². The SMILES string of the molecule is CCCCCOc1ccc(C2/C(=C(\O)c3ccc(C)cc3)C(=O)C(=O)N2c2nc3ccc(OCC)cc3s2)cc1OC. The number of carbonyl (C=O) groups is 2. The average Bonchev–Trinajstić information content (AvgIpc) is 3.53. The summed E-state index contributed by atoms with van der Waals surface area (Å²) in [5.74, 6) is -0.0773. The smallest absolute Gasteiger partial charge is 0.301 e. The van der Waals surface area contributed by atoms with Crippen molar-refractivity contribution in [2.24, 2.45) is 0 Å². The summed E-state index contributed by atoms with van der Waals surface area (Å²) in [5.41, 5.74) is 2.68. The second-order valence-corrected chi connectivity index (χ2v) is 11.1. The molecule has 5 rings (SSSR count). The minimum Gasteiger partial charge on any atom is -0.507 e. The van der Waals surface area contributed by atoms with E-state index in [0.717, 1.165) is 29.5 Å². The first-order chi connectivity index (χ1) is 20.4. The minimum atomic E-state index is -0.943. The number of methoxy groups -OCH3 is 1. The number of carbonyl (C=O) groups excluding carboxylic acids is 2. The van der Waals surface area contributed by atoms with Gasteiger partial charge in [-0.05, 0) is 56.2 Å². The van der Waals surface area contributed by atoms with Gasteiger partial charge in [0.1, 0.15) is 11.5 Å². The molecule has 1 amide bonds. The quantitative estimate of drug-likeness (QED) is 0.0858. The molecule has 0 bridgehead atoms. The number of aryl methyl sites for hydroxylation is 1. The first-order valence-electron chi connectivity index (χ1n) is 14.1. The number of anilines is 1. The van der Waals surface area contributed by atoms with Crippen LogP contribution in [0.4, 0.5) is 5.13 Å². The van der Waals surface area contributed by atoms with E-state index in [4.69, 9.17) is 19.2 Å². The Morgan fingerprint density at radius 2 is 1.76 bits per heavy atom. The van der Waals surface area contributed by atoms with E-state index in [2.05, 4.69) is 6.92 Å². The molecule has 1 aromatic heterocycles. The summed E-state index contributed by atoms with van der Waals surface area (Å²) in [5, 5.41) is 11.8. The number of hydrogen-bond donors (Lipinski definition) is 1. The maximum atomic E-state index is 13.7. The van der Waals surface area contributed by atoms with Gasteiger partial charge >= 0.3 is 5.91 Å². The van der Waals surface area contributed by atoms with Crippen molar-refractivity contribution in [2.45, 2.75) is 46.1 Å². The molecule has 4 aromatic rings. The highest BCUT2D eigenvalue weighted by Gasteiger charge is 2.48. The molecule has 2 heterocycles. The molecule has 0 aliphatic carbocycles. The van der Waals surface area contributed by atoms with Gasteiger partial charge < -0.3 is 19.3 Å². The zero-order valence-corrected chi connectivity index (χ0v) is 25.0. The molecule has 9 heteroatoms. The summed E-state index contributed by atoms with van der Waals surface area (Å²) in [6.45, 7) is 7.04. The van der Waals surface area contributed by atoms with Crippen LogP contribution in [0.25, 0.3) is 16.0 Å². The number of aromatic nitrogens is 1. The van der Waals surface area contributed by atoms with E-state index >= 15 is 0 Å². The van der Waals surface area contributed by atoms with Crippen LogP contribution in [0.2, 0.25) is 0 Å². The zero-order chi connectivity index (χ0) is 29.8. The number of nitrogens with zero attached hydrogens (tertiary/aromatic N) is 2. The highest BCUT2D eigenvalue weighted by Crippen LogP contribution is 2.46. The molecular formula is C33H34N2O6S. The zero-order valence-electron chi connectivity index (χ0n) is 24.2. The number of ketones is 1. The fourth-order valence-corrected chi connectivity index (χ4v) is 5.99. The number of fused-ring (bicyclic) bond motifs is 1. The predicted octanol–water partition coefficient (Wildman–Crippen LogP) is 7.21. The maximum Gasteiger partial charge on any atom is 0.301 e. The topological polar surface area (TPSA) is 98.2 Å². The van der Waals surface area contributed by atoms with Crippen LogP contribution in [0.5, 0.6) is 17.2 Å². The molecule has 1 aliphatic rings. The normalized spacial score (nSPS) is 16.3. The number of aliphatic hydroxyl groups excluding tert-OH is 1.